The zero-order valence-electron chi connectivity index (χ0n) is 15.7. The fourth-order valence-electron chi connectivity index (χ4n) is 2.63. The molecule has 1 N–H and O–H groups in total. The summed E-state index contributed by atoms with van der Waals surface area (Å²) in [6, 6.07) is 18.4. The van der Waals surface area contributed by atoms with Gasteiger partial charge in [0.2, 0.25) is 0 Å². The molecule has 0 amide bonds. The molecule has 0 radical (unpaired) electrons. The van der Waals surface area contributed by atoms with Gasteiger partial charge in [-0.1, -0.05) is 60.7 Å². The summed E-state index contributed by atoms with van der Waals surface area (Å²) >= 11 is 0. The van der Waals surface area contributed by atoms with Crippen molar-refractivity contribution in [2.24, 2.45) is 5.92 Å². The number of hydrogen-bond acceptors (Lipinski definition) is 5. The van der Waals surface area contributed by atoms with Crippen molar-refractivity contribution in [3.05, 3.63) is 71.8 Å². The van der Waals surface area contributed by atoms with Gasteiger partial charge in [-0.15, -0.1) is 0 Å². The Balaban J connectivity index is 1.88. The number of carbonyl (C=O) groups is 2. The molecule has 2 aromatic rings. The average Bonchev–Trinajstić information content (AvgIpc) is 2.72. The fourth-order valence-corrected chi connectivity index (χ4v) is 3.21. The minimum absolute atomic E-state index is 0.0363. The highest BCUT2D eigenvalue weighted by atomic mass is 31.1. The molecule has 0 aliphatic heterocycles. The fraction of sp³-hybridized carbons (Fsp3) is 0.333. The molecule has 7 heteroatoms. The van der Waals surface area contributed by atoms with E-state index in [1.807, 2.05) is 60.7 Å². The van der Waals surface area contributed by atoms with Crippen molar-refractivity contribution in [2.75, 3.05) is 0 Å². The number of ether oxygens (including phenoxy) is 2. The zero-order chi connectivity index (χ0) is 20.4. The first kappa shape index (κ1) is 21.7. The quantitative estimate of drug-likeness (QED) is 0.477. The van der Waals surface area contributed by atoms with Gasteiger partial charge in [-0.3, -0.25) is 9.59 Å². The van der Waals surface area contributed by atoms with Crippen molar-refractivity contribution >= 4 is 20.0 Å². The van der Waals surface area contributed by atoms with Crippen molar-refractivity contribution in [2.45, 2.75) is 38.6 Å². The van der Waals surface area contributed by atoms with Gasteiger partial charge in [-0.05, 0) is 29.0 Å². The maximum Gasteiger partial charge on any atom is 0.509 e. The lowest BCUT2D eigenvalue weighted by Crippen LogP contribution is -2.27. The molecule has 0 heterocycles. The summed E-state index contributed by atoms with van der Waals surface area (Å²) in [4.78, 5) is 33.9. The van der Waals surface area contributed by atoms with Gasteiger partial charge in [-0.2, -0.15) is 4.89 Å². The van der Waals surface area contributed by atoms with E-state index in [9.17, 15) is 19.0 Å². The molecule has 3 atom stereocenters. The van der Waals surface area contributed by atoms with Gasteiger partial charge < -0.3 is 9.47 Å². The van der Waals surface area contributed by atoms with E-state index < -0.39 is 31.5 Å². The molecule has 0 saturated carbocycles. The van der Waals surface area contributed by atoms with Crippen molar-refractivity contribution in [1.29, 1.82) is 0 Å². The van der Waals surface area contributed by atoms with Crippen molar-refractivity contribution in [1.82, 2.24) is 0 Å². The predicted molar refractivity (Wildman–Crippen MR) is 104 cm³/mol. The summed E-state index contributed by atoms with van der Waals surface area (Å²) in [6.07, 6.45) is 0.0511. The van der Waals surface area contributed by atoms with Crippen molar-refractivity contribution in [3.63, 3.8) is 0 Å². The molecule has 0 aliphatic rings. The van der Waals surface area contributed by atoms with Crippen LogP contribution in [0, 0.1) is 5.92 Å². The number of benzene rings is 2. The molecular formula is C21H24O6P+. The van der Waals surface area contributed by atoms with Crippen LogP contribution in [0.5, 0.6) is 0 Å². The van der Waals surface area contributed by atoms with Crippen LogP contribution >= 0.6 is 8.03 Å². The Morgan fingerprint density at radius 2 is 1.43 bits per heavy atom. The molecular weight excluding hydrogens is 379 g/mol. The molecule has 0 saturated heterocycles. The van der Waals surface area contributed by atoms with Crippen LogP contribution in [0.3, 0.4) is 0 Å². The van der Waals surface area contributed by atoms with E-state index in [1.165, 1.54) is 6.92 Å². The summed E-state index contributed by atoms with van der Waals surface area (Å²) in [5.74, 6) is -1.92. The summed E-state index contributed by atoms with van der Waals surface area (Å²) < 4.78 is 22.0. The first-order valence-corrected chi connectivity index (χ1v) is 10.3. The monoisotopic (exact) mass is 403 g/mol. The Labute approximate surface area is 165 Å². The molecule has 0 spiro atoms. The maximum absolute atomic E-state index is 12.4. The van der Waals surface area contributed by atoms with E-state index in [-0.39, 0.29) is 26.1 Å². The van der Waals surface area contributed by atoms with Gasteiger partial charge >= 0.3 is 20.0 Å². The number of carbonyl (C=O) groups excluding carboxylic acids is 2. The minimum Gasteiger partial charge on any atom is -0.461 e. The molecule has 0 aromatic heterocycles. The largest absolute Gasteiger partial charge is 0.509 e. The van der Waals surface area contributed by atoms with Crippen LogP contribution in [0.15, 0.2) is 60.7 Å². The van der Waals surface area contributed by atoms with Crippen LogP contribution in [0.2, 0.25) is 0 Å². The Kier molecular flexibility index (Phi) is 8.79. The third-order valence-corrected chi connectivity index (χ3v) is 5.42. The van der Waals surface area contributed by atoms with Crippen LogP contribution in [-0.4, -0.2) is 22.5 Å². The first-order chi connectivity index (χ1) is 13.5. The van der Waals surface area contributed by atoms with Crippen LogP contribution < -0.4 is 0 Å². The second-order valence-corrected chi connectivity index (χ2v) is 7.85. The van der Waals surface area contributed by atoms with Crippen molar-refractivity contribution in [3.8, 4) is 0 Å². The van der Waals surface area contributed by atoms with E-state index in [0.29, 0.717) is 0 Å². The molecule has 6 nitrogen and oxygen atoms in total. The molecule has 3 unspecified atom stereocenters. The Hall–Kier alpha value is -2.56. The Bertz CT molecular complexity index is 778. The van der Waals surface area contributed by atoms with Gasteiger partial charge in [0.15, 0.2) is 5.66 Å². The number of esters is 2. The third-order valence-electron chi connectivity index (χ3n) is 4.36. The third kappa shape index (κ3) is 7.22. The lowest BCUT2D eigenvalue weighted by atomic mass is 10.00. The van der Waals surface area contributed by atoms with Crippen LogP contribution in [0.1, 0.15) is 30.9 Å². The second kappa shape index (κ2) is 11.3. The second-order valence-electron chi connectivity index (χ2n) is 6.43. The molecule has 0 bridgehead atoms. The molecule has 2 rings (SSSR count). The van der Waals surface area contributed by atoms with E-state index >= 15 is 0 Å². The molecule has 0 aliphatic carbocycles. The van der Waals surface area contributed by atoms with Gasteiger partial charge in [0.1, 0.15) is 19.1 Å². The topological polar surface area (TPSA) is 89.9 Å². The summed E-state index contributed by atoms with van der Waals surface area (Å²) in [5.41, 5.74) is 0.861. The smallest absolute Gasteiger partial charge is 0.461 e. The van der Waals surface area contributed by atoms with Crippen LogP contribution in [0.4, 0.5) is 0 Å². The maximum atomic E-state index is 12.4. The zero-order valence-corrected chi connectivity index (χ0v) is 16.6. The average molecular weight is 403 g/mol. The SMILES string of the molecule is CC(C(CCC(=O)OCc1ccccc1)C(=O)OCc1ccccc1)[P+](=O)O. The highest BCUT2D eigenvalue weighted by molar-refractivity contribution is 7.38. The van der Waals surface area contributed by atoms with E-state index in [2.05, 4.69) is 0 Å². The standard InChI is InChI=1S/C21H23O6P/c1-16(28(24)25)19(21(23)27-15-18-10-6-3-7-11-18)12-13-20(22)26-14-17-8-4-2-5-9-17/h2-11,16,19H,12-15H2,1H3/p+1. The van der Waals surface area contributed by atoms with Gasteiger partial charge in [0, 0.05) is 6.42 Å². The highest BCUT2D eigenvalue weighted by Crippen LogP contribution is 2.32. The number of rotatable bonds is 10. The van der Waals surface area contributed by atoms with Gasteiger partial charge in [0.25, 0.3) is 0 Å². The van der Waals surface area contributed by atoms with E-state index in [1.54, 1.807) is 0 Å². The van der Waals surface area contributed by atoms with Gasteiger partial charge in [0.05, 0.1) is 0 Å². The lowest BCUT2D eigenvalue weighted by molar-refractivity contribution is -0.151. The molecule has 2 aromatic carbocycles. The minimum atomic E-state index is -2.58. The van der Waals surface area contributed by atoms with E-state index in [4.69, 9.17) is 9.47 Å². The van der Waals surface area contributed by atoms with Crippen LogP contribution in [0.25, 0.3) is 0 Å². The predicted octanol–water partition coefficient (Wildman–Crippen LogP) is 3.99. The van der Waals surface area contributed by atoms with E-state index in [0.717, 1.165) is 11.1 Å². The lowest BCUT2D eigenvalue weighted by Gasteiger charge is -2.15. The first-order valence-electron chi connectivity index (χ1n) is 9.02. The summed E-state index contributed by atoms with van der Waals surface area (Å²) in [6.45, 7) is 1.72. The number of hydrogen-bond donors (Lipinski definition) is 1. The van der Waals surface area contributed by atoms with Crippen molar-refractivity contribution < 1.29 is 28.5 Å². The normalized spacial score (nSPS) is 13.3. The Morgan fingerprint density at radius 3 is 1.93 bits per heavy atom. The highest BCUT2D eigenvalue weighted by Gasteiger charge is 2.39. The molecule has 148 valence electrons. The van der Waals surface area contributed by atoms with Gasteiger partial charge in [-0.25, -0.2) is 0 Å². The van der Waals surface area contributed by atoms with Crippen LogP contribution in [-0.2, 0) is 36.8 Å². The summed E-state index contributed by atoms with van der Waals surface area (Å²) in [5, 5.41) is 0. The summed E-state index contributed by atoms with van der Waals surface area (Å²) in [7, 11) is -2.58. The Morgan fingerprint density at radius 1 is 0.929 bits per heavy atom. The molecule has 28 heavy (non-hydrogen) atoms. The molecule has 0 fully saturated rings.